The number of nitrogens with zero attached hydrogens (tertiary/aromatic N) is 3. The van der Waals surface area contributed by atoms with Crippen molar-refractivity contribution in [2.24, 2.45) is 4.99 Å². The monoisotopic (exact) mass is 347 g/mol. The van der Waals surface area contributed by atoms with Crippen LogP contribution in [0.5, 0.6) is 5.88 Å². The number of guanidine groups is 1. The van der Waals surface area contributed by atoms with Crippen LogP contribution in [0.4, 0.5) is 0 Å². The van der Waals surface area contributed by atoms with Crippen molar-refractivity contribution in [1.82, 2.24) is 20.6 Å². The first-order valence-corrected chi connectivity index (χ1v) is 9.04. The number of nitrogens with one attached hydrogen (secondary N) is 2. The largest absolute Gasteiger partial charge is 0.478 e. The second kappa shape index (κ2) is 9.87. The molecule has 0 unspecified atom stereocenters. The van der Waals surface area contributed by atoms with E-state index in [9.17, 15) is 0 Å². The van der Waals surface area contributed by atoms with Gasteiger partial charge in [0, 0.05) is 42.3 Å². The van der Waals surface area contributed by atoms with Crippen LogP contribution in [0.15, 0.2) is 29.5 Å². The number of hydrogen-bond acceptors (Lipinski definition) is 5. The van der Waals surface area contributed by atoms with Crippen LogP contribution in [-0.2, 0) is 13.0 Å². The van der Waals surface area contributed by atoms with Gasteiger partial charge < -0.3 is 15.4 Å². The molecule has 2 N–H and O–H groups in total. The Balaban J connectivity index is 1.92. The van der Waals surface area contributed by atoms with Gasteiger partial charge in [0.1, 0.15) is 0 Å². The van der Waals surface area contributed by atoms with E-state index in [1.54, 1.807) is 17.5 Å². The SMILES string of the molecule is CCNC(=NCc1cccnc1OCC)NCCc1ncc(C)s1. The highest BCUT2D eigenvalue weighted by molar-refractivity contribution is 7.11. The van der Waals surface area contributed by atoms with Gasteiger partial charge in [-0.2, -0.15) is 0 Å². The van der Waals surface area contributed by atoms with Gasteiger partial charge in [0.05, 0.1) is 18.2 Å². The summed E-state index contributed by atoms with van der Waals surface area (Å²) in [4.78, 5) is 14.5. The number of aryl methyl sites for hydroxylation is 1. The summed E-state index contributed by atoms with van der Waals surface area (Å²) in [6.45, 7) is 8.81. The third-order valence-corrected chi connectivity index (χ3v) is 4.16. The van der Waals surface area contributed by atoms with Gasteiger partial charge in [-0.1, -0.05) is 6.07 Å². The molecule has 2 rings (SSSR count). The van der Waals surface area contributed by atoms with Crippen molar-refractivity contribution in [2.45, 2.75) is 33.7 Å². The fourth-order valence-electron chi connectivity index (χ4n) is 2.12. The summed E-state index contributed by atoms with van der Waals surface area (Å²) in [6.07, 6.45) is 4.54. The van der Waals surface area contributed by atoms with E-state index in [0.717, 1.165) is 36.0 Å². The lowest BCUT2D eigenvalue weighted by molar-refractivity contribution is 0.323. The highest BCUT2D eigenvalue weighted by Crippen LogP contribution is 2.15. The molecule has 0 saturated heterocycles. The Kier molecular flexibility index (Phi) is 7.48. The van der Waals surface area contributed by atoms with E-state index in [0.29, 0.717) is 19.0 Å². The summed E-state index contributed by atoms with van der Waals surface area (Å²) in [6, 6.07) is 3.89. The molecule has 0 atom stereocenters. The first-order chi connectivity index (χ1) is 11.7. The van der Waals surface area contributed by atoms with Gasteiger partial charge in [-0.25, -0.2) is 15.0 Å². The fraction of sp³-hybridized carbons (Fsp3) is 0.471. The lowest BCUT2D eigenvalue weighted by Gasteiger charge is -2.11. The first-order valence-electron chi connectivity index (χ1n) is 8.23. The van der Waals surface area contributed by atoms with Gasteiger partial charge in [-0.05, 0) is 26.8 Å². The van der Waals surface area contributed by atoms with Crippen molar-refractivity contribution >= 4 is 17.3 Å². The quantitative estimate of drug-likeness (QED) is 0.567. The minimum absolute atomic E-state index is 0.523. The van der Waals surface area contributed by atoms with Crippen LogP contribution in [0.3, 0.4) is 0 Å². The van der Waals surface area contributed by atoms with Gasteiger partial charge in [0.15, 0.2) is 5.96 Å². The summed E-state index contributed by atoms with van der Waals surface area (Å²) in [5, 5.41) is 7.74. The maximum atomic E-state index is 5.54. The Morgan fingerprint density at radius 2 is 2.17 bits per heavy atom. The van der Waals surface area contributed by atoms with Crippen LogP contribution >= 0.6 is 11.3 Å². The molecule has 0 radical (unpaired) electrons. The van der Waals surface area contributed by atoms with Gasteiger partial charge in [-0.3, -0.25) is 0 Å². The van der Waals surface area contributed by atoms with E-state index < -0.39 is 0 Å². The van der Waals surface area contributed by atoms with E-state index in [4.69, 9.17) is 4.74 Å². The number of ether oxygens (including phenoxy) is 1. The van der Waals surface area contributed by atoms with Crippen LogP contribution < -0.4 is 15.4 Å². The lowest BCUT2D eigenvalue weighted by Crippen LogP contribution is -2.38. The molecule has 6 nitrogen and oxygen atoms in total. The Labute approximate surface area is 147 Å². The summed E-state index contributed by atoms with van der Waals surface area (Å²) in [7, 11) is 0. The summed E-state index contributed by atoms with van der Waals surface area (Å²) >= 11 is 1.73. The Morgan fingerprint density at radius 3 is 2.88 bits per heavy atom. The van der Waals surface area contributed by atoms with Crippen LogP contribution in [0.1, 0.15) is 29.3 Å². The molecule has 0 aromatic carbocycles. The first kappa shape index (κ1) is 18.2. The molecule has 2 heterocycles. The van der Waals surface area contributed by atoms with Gasteiger partial charge >= 0.3 is 0 Å². The zero-order chi connectivity index (χ0) is 17.2. The summed E-state index contributed by atoms with van der Waals surface area (Å²) in [5.41, 5.74) is 0.979. The average molecular weight is 347 g/mol. The predicted molar refractivity (Wildman–Crippen MR) is 98.8 cm³/mol. The second-order valence-electron chi connectivity index (χ2n) is 5.14. The predicted octanol–water partition coefficient (Wildman–Crippen LogP) is 2.54. The smallest absolute Gasteiger partial charge is 0.218 e. The van der Waals surface area contributed by atoms with E-state index in [1.807, 2.05) is 25.3 Å². The molecule has 0 saturated carbocycles. The number of aliphatic imine (C=N–C) groups is 1. The van der Waals surface area contributed by atoms with E-state index in [-0.39, 0.29) is 0 Å². The van der Waals surface area contributed by atoms with Crippen molar-refractivity contribution in [3.05, 3.63) is 40.0 Å². The highest BCUT2D eigenvalue weighted by Gasteiger charge is 2.05. The third-order valence-electron chi connectivity index (χ3n) is 3.18. The number of pyridine rings is 1. The van der Waals surface area contributed by atoms with Gasteiger partial charge in [-0.15, -0.1) is 11.3 Å². The molecule has 2 aromatic heterocycles. The van der Waals surface area contributed by atoms with Gasteiger partial charge in [0.25, 0.3) is 0 Å². The standard InChI is InChI=1S/C17H25N5OS/c1-4-18-17(20-10-8-15-21-11-13(3)24-15)22-12-14-7-6-9-19-16(14)23-5-2/h6-7,9,11H,4-5,8,10,12H2,1-3H3,(H2,18,20,22). The number of rotatable bonds is 8. The molecule has 0 amide bonds. The number of hydrogen-bond donors (Lipinski definition) is 2. The third kappa shape index (κ3) is 5.81. The zero-order valence-corrected chi connectivity index (χ0v) is 15.3. The second-order valence-corrected chi connectivity index (χ2v) is 6.46. The van der Waals surface area contributed by atoms with Crippen molar-refractivity contribution in [1.29, 1.82) is 0 Å². The highest BCUT2D eigenvalue weighted by atomic mass is 32.1. The maximum absolute atomic E-state index is 5.54. The van der Waals surface area contributed by atoms with Crippen LogP contribution in [0.25, 0.3) is 0 Å². The minimum Gasteiger partial charge on any atom is -0.478 e. The normalized spacial score (nSPS) is 11.4. The average Bonchev–Trinajstić information content (AvgIpc) is 2.99. The molecule has 24 heavy (non-hydrogen) atoms. The molecule has 0 spiro atoms. The maximum Gasteiger partial charge on any atom is 0.218 e. The lowest BCUT2D eigenvalue weighted by atomic mass is 10.3. The van der Waals surface area contributed by atoms with E-state index in [2.05, 4.69) is 39.4 Å². The number of aromatic nitrogens is 2. The molecule has 0 fully saturated rings. The molecular weight excluding hydrogens is 322 g/mol. The number of thiazole rings is 1. The molecule has 2 aromatic rings. The summed E-state index contributed by atoms with van der Waals surface area (Å²) in [5.74, 6) is 1.44. The van der Waals surface area contributed by atoms with Crippen LogP contribution in [0, 0.1) is 6.92 Å². The van der Waals surface area contributed by atoms with Crippen molar-refractivity contribution < 1.29 is 4.74 Å². The minimum atomic E-state index is 0.523. The molecule has 0 aliphatic heterocycles. The Morgan fingerprint density at radius 1 is 1.29 bits per heavy atom. The molecule has 130 valence electrons. The zero-order valence-electron chi connectivity index (χ0n) is 14.5. The summed E-state index contributed by atoms with van der Waals surface area (Å²) < 4.78 is 5.54. The Bertz CT molecular complexity index is 656. The van der Waals surface area contributed by atoms with Crippen molar-refractivity contribution in [3.63, 3.8) is 0 Å². The van der Waals surface area contributed by atoms with Crippen LogP contribution in [-0.4, -0.2) is 35.6 Å². The molecule has 0 bridgehead atoms. The fourth-order valence-corrected chi connectivity index (χ4v) is 2.91. The topological polar surface area (TPSA) is 71.4 Å². The van der Waals surface area contributed by atoms with Crippen molar-refractivity contribution in [2.75, 3.05) is 19.7 Å². The van der Waals surface area contributed by atoms with E-state index in [1.165, 1.54) is 4.88 Å². The molecule has 7 heteroatoms. The molecular formula is C17H25N5OS. The van der Waals surface area contributed by atoms with Crippen LogP contribution in [0.2, 0.25) is 0 Å². The molecule has 0 aliphatic rings. The van der Waals surface area contributed by atoms with Crippen molar-refractivity contribution in [3.8, 4) is 5.88 Å². The van der Waals surface area contributed by atoms with Gasteiger partial charge in [0.2, 0.25) is 5.88 Å². The Hall–Kier alpha value is -2.15. The van der Waals surface area contributed by atoms with E-state index >= 15 is 0 Å². The molecule has 0 aliphatic carbocycles.